The van der Waals surface area contributed by atoms with E-state index >= 15 is 0 Å². The minimum atomic E-state index is -5.07. The number of allylic oxidation sites excluding steroid dienone is 8. The molecule has 12 nitrogen and oxygen atoms in total. The molecule has 1 rings (SSSR count). The molecule has 75 heavy (non-hydrogen) atoms. The fourth-order valence-electron chi connectivity index (χ4n) is 9.61. The second kappa shape index (κ2) is 52.7. The minimum absolute atomic E-state index is 0.0361. The molecule has 0 radical (unpaired) electrons. The molecule has 440 valence electrons. The van der Waals surface area contributed by atoms with E-state index in [9.17, 15) is 33.1 Å². The highest BCUT2D eigenvalue weighted by Gasteiger charge is 2.48. The first-order chi connectivity index (χ1) is 36.6. The van der Waals surface area contributed by atoms with Gasteiger partial charge in [0.15, 0.2) is 6.29 Å². The average molecular weight is 1080 g/mol. The molecule has 0 aromatic carbocycles. The van der Waals surface area contributed by atoms with Gasteiger partial charge < -0.3 is 34.3 Å². The first kappa shape index (κ1) is 71.1. The molecule has 1 heterocycles. The van der Waals surface area contributed by atoms with Gasteiger partial charge in [-0.3, -0.25) is 9.35 Å². The number of hydrogen-bond donors (Lipinski definition) is 4. The Labute approximate surface area is 459 Å². The van der Waals surface area contributed by atoms with Crippen LogP contribution in [0.4, 0.5) is 0 Å². The van der Waals surface area contributed by atoms with Gasteiger partial charge in [-0.15, -0.1) is 0 Å². The summed E-state index contributed by atoms with van der Waals surface area (Å²) < 4.78 is 59.5. The molecule has 0 bridgehead atoms. The third-order valence-electron chi connectivity index (χ3n) is 14.2. The van der Waals surface area contributed by atoms with E-state index in [0.29, 0.717) is 13.0 Å². The Kier molecular flexibility index (Phi) is 50.0. The van der Waals surface area contributed by atoms with Gasteiger partial charge >= 0.3 is 16.4 Å². The van der Waals surface area contributed by atoms with Crippen LogP contribution in [0.25, 0.3) is 0 Å². The number of carbonyl (C=O) groups excluding carboxylic acids is 1. The molecule has 6 atom stereocenters. The molecule has 0 aliphatic carbocycles. The molecule has 0 aromatic rings. The Morgan fingerprint density at radius 1 is 0.520 bits per heavy atom. The van der Waals surface area contributed by atoms with E-state index in [2.05, 4.69) is 66.6 Å². The van der Waals surface area contributed by atoms with Gasteiger partial charge in [0.25, 0.3) is 0 Å². The summed E-state index contributed by atoms with van der Waals surface area (Å²) in [5.74, 6) is -0.394. The highest BCUT2D eigenvalue weighted by atomic mass is 32.3. The predicted octanol–water partition coefficient (Wildman–Crippen LogP) is 15.8. The third-order valence-corrected chi connectivity index (χ3v) is 14.7. The van der Waals surface area contributed by atoms with Crippen LogP contribution in [-0.4, -0.2) is 97.5 Å². The van der Waals surface area contributed by atoms with Crippen molar-refractivity contribution in [2.45, 2.75) is 314 Å². The average Bonchev–Trinajstić information content (AvgIpc) is 3.39. The van der Waals surface area contributed by atoms with Crippen molar-refractivity contribution < 1.29 is 56.2 Å². The van der Waals surface area contributed by atoms with Crippen molar-refractivity contribution >= 4 is 16.4 Å². The van der Waals surface area contributed by atoms with E-state index < -0.39 is 59.8 Å². The summed E-state index contributed by atoms with van der Waals surface area (Å²) in [6.45, 7) is 3.93. The summed E-state index contributed by atoms with van der Waals surface area (Å²) in [5, 5.41) is 30.9. The molecule has 1 aliphatic heterocycles. The Morgan fingerprint density at radius 3 is 1.35 bits per heavy atom. The van der Waals surface area contributed by atoms with Gasteiger partial charge in [-0.2, -0.15) is 8.42 Å². The number of aliphatic hydroxyl groups is 3. The highest BCUT2D eigenvalue weighted by molar-refractivity contribution is 7.80. The van der Waals surface area contributed by atoms with Crippen LogP contribution in [0.15, 0.2) is 48.6 Å². The van der Waals surface area contributed by atoms with Crippen molar-refractivity contribution in [3.63, 3.8) is 0 Å². The van der Waals surface area contributed by atoms with Gasteiger partial charge in [0.05, 0.1) is 19.8 Å². The van der Waals surface area contributed by atoms with E-state index in [4.69, 9.17) is 18.9 Å². The van der Waals surface area contributed by atoms with Crippen LogP contribution < -0.4 is 0 Å². The molecule has 1 aliphatic rings. The van der Waals surface area contributed by atoms with Crippen LogP contribution >= 0.6 is 0 Å². The fourth-order valence-corrected chi connectivity index (χ4v) is 10.1. The lowest BCUT2D eigenvalue weighted by molar-refractivity contribution is -0.301. The number of carbonyl (C=O) groups is 1. The SMILES string of the molecule is CC/C=C\C/C=C\C/C=C\C/C=C\CCCCCCCCCCCCCOCC(COC1OC(CO)C(O)C(OS(=O)(=O)O)C1O)OC(=O)CCCCCCCCCCCCCCCCCCCCCCCCCC. The summed E-state index contributed by atoms with van der Waals surface area (Å²) in [5.41, 5.74) is 0. The van der Waals surface area contributed by atoms with E-state index in [1.54, 1.807) is 0 Å². The van der Waals surface area contributed by atoms with Crippen molar-refractivity contribution in [1.29, 1.82) is 0 Å². The monoisotopic (exact) mass is 1080 g/mol. The summed E-state index contributed by atoms with van der Waals surface area (Å²) in [6, 6.07) is 0. The molecule has 0 aromatic heterocycles. The molecule has 0 amide bonds. The predicted molar refractivity (Wildman–Crippen MR) is 308 cm³/mol. The quantitative estimate of drug-likeness (QED) is 0.0196. The van der Waals surface area contributed by atoms with Crippen LogP contribution in [0.3, 0.4) is 0 Å². The number of esters is 1. The smallest absolute Gasteiger partial charge is 0.397 e. The second-order valence-corrected chi connectivity index (χ2v) is 22.3. The van der Waals surface area contributed by atoms with E-state index in [1.807, 2.05) is 0 Å². The molecule has 0 saturated carbocycles. The van der Waals surface area contributed by atoms with Crippen molar-refractivity contribution in [2.24, 2.45) is 0 Å². The Balaban J connectivity index is 2.26. The molecule has 1 saturated heterocycles. The number of aliphatic hydroxyl groups excluding tert-OH is 3. The lowest BCUT2D eigenvalue weighted by Gasteiger charge is -2.41. The van der Waals surface area contributed by atoms with Crippen LogP contribution in [0.5, 0.6) is 0 Å². The lowest BCUT2D eigenvalue weighted by atomic mass is 9.99. The maximum atomic E-state index is 13.0. The zero-order chi connectivity index (χ0) is 54.6. The number of hydrogen-bond acceptors (Lipinski definition) is 11. The second-order valence-electron chi connectivity index (χ2n) is 21.3. The molecule has 4 N–H and O–H groups in total. The summed E-state index contributed by atoms with van der Waals surface area (Å²) in [4.78, 5) is 13.0. The van der Waals surface area contributed by atoms with Crippen molar-refractivity contribution in [2.75, 3.05) is 26.4 Å². The number of ether oxygens (including phenoxy) is 4. The Hall–Kier alpha value is -1.94. The first-order valence-corrected chi connectivity index (χ1v) is 32.3. The van der Waals surface area contributed by atoms with Gasteiger partial charge in [-0.1, -0.05) is 268 Å². The minimum Gasteiger partial charge on any atom is -0.457 e. The number of rotatable bonds is 55. The van der Waals surface area contributed by atoms with Crippen LogP contribution in [0, 0.1) is 0 Å². The van der Waals surface area contributed by atoms with Gasteiger partial charge in [0.1, 0.15) is 30.5 Å². The van der Waals surface area contributed by atoms with Gasteiger partial charge in [-0.05, 0) is 51.4 Å². The Bertz CT molecular complexity index is 1480. The largest absolute Gasteiger partial charge is 0.457 e. The molecule has 1 fully saturated rings. The maximum Gasteiger partial charge on any atom is 0.397 e. The molecular formula is C62H114O12S. The van der Waals surface area contributed by atoms with Gasteiger partial charge in [0, 0.05) is 13.0 Å². The maximum absolute atomic E-state index is 13.0. The summed E-state index contributed by atoms with van der Waals surface area (Å²) in [6.07, 6.45) is 58.7. The van der Waals surface area contributed by atoms with Crippen molar-refractivity contribution in [1.82, 2.24) is 0 Å². The summed E-state index contributed by atoms with van der Waals surface area (Å²) in [7, 11) is -5.07. The fraction of sp³-hybridized carbons (Fsp3) is 0.855. The molecular weight excluding hydrogens is 969 g/mol. The van der Waals surface area contributed by atoms with Crippen LogP contribution in [-0.2, 0) is 38.3 Å². The Morgan fingerprint density at radius 2 is 0.920 bits per heavy atom. The van der Waals surface area contributed by atoms with Crippen molar-refractivity contribution in [3.05, 3.63) is 48.6 Å². The van der Waals surface area contributed by atoms with Gasteiger partial charge in [-0.25, -0.2) is 4.18 Å². The van der Waals surface area contributed by atoms with Crippen LogP contribution in [0.1, 0.15) is 277 Å². The topological polar surface area (TPSA) is 178 Å². The number of unbranched alkanes of at least 4 members (excludes halogenated alkanes) is 34. The zero-order valence-corrected chi connectivity index (χ0v) is 48.7. The normalized spacial score (nSPS) is 18.9. The van der Waals surface area contributed by atoms with E-state index in [1.165, 1.54) is 180 Å². The zero-order valence-electron chi connectivity index (χ0n) is 47.9. The molecule has 13 heteroatoms. The van der Waals surface area contributed by atoms with Crippen molar-refractivity contribution in [3.8, 4) is 0 Å². The lowest BCUT2D eigenvalue weighted by Crippen LogP contribution is -2.60. The standard InChI is InChI=1S/C62H114O12S/c1-3-5-7-9-11-13-15-17-19-21-23-25-27-29-31-33-35-37-39-41-43-45-47-49-51-58(64)72-56(55-71-62-60(66)61(74-75(67,68)69)59(65)57(53-63)73-62)54-70-52-50-48-46-44-42-40-38-36-34-32-30-28-26-24-22-20-18-16-14-12-10-8-6-4-2/h6,8,12,14,18,20,24,26,56-57,59-63,65-66H,3-5,7,9-11,13,15-17,19,21-23,25,27-55H2,1-2H3,(H,67,68,69)/b8-6-,14-12-,20-18-,26-24-. The third kappa shape index (κ3) is 45.6. The first-order valence-electron chi connectivity index (χ1n) is 30.9. The highest BCUT2D eigenvalue weighted by Crippen LogP contribution is 2.26. The van der Waals surface area contributed by atoms with Gasteiger partial charge in [0.2, 0.25) is 0 Å². The van der Waals surface area contributed by atoms with E-state index in [-0.39, 0.29) is 19.6 Å². The summed E-state index contributed by atoms with van der Waals surface area (Å²) >= 11 is 0. The van der Waals surface area contributed by atoms with Crippen LogP contribution in [0.2, 0.25) is 0 Å². The molecule has 0 spiro atoms. The molecule has 6 unspecified atom stereocenters. The van der Waals surface area contributed by atoms with E-state index in [0.717, 1.165) is 70.6 Å².